The predicted molar refractivity (Wildman–Crippen MR) is 113 cm³/mol. The largest absolute Gasteiger partial charge is 0.493 e. The number of benzene rings is 2. The second-order valence-corrected chi connectivity index (χ2v) is 8.71. The van der Waals surface area contributed by atoms with Gasteiger partial charge in [0.2, 0.25) is 5.91 Å². The maximum atomic E-state index is 12.7. The summed E-state index contributed by atoms with van der Waals surface area (Å²) >= 11 is 0. The van der Waals surface area contributed by atoms with Gasteiger partial charge in [0.15, 0.2) is 11.5 Å². The number of fused-ring (bicyclic) bond motifs is 1. The van der Waals surface area contributed by atoms with Gasteiger partial charge in [-0.2, -0.15) is 0 Å². The summed E-state index contributed by atoms with van der Waals surface area (Å²) in [5, 5.41) is 2.80. The maximum absolute atomic E-state index is 12.7. The molecular formula is C21H25N3O5S. The SMILES string of the molecule is COc1ccccc1OCCNC(=O)[C@@H](N=C1NS(=O)(=O)c2ccccc21)C(C)C. The smallest absolute Gasteiger partial charge is 0.263 e. The highest BCUT2D eigenvalue weighted by molar-refractivity contribution is 7.90. The minimum atomic E-state index is -3.65. The van der Waals surface area contributed by atoms with Crippen LogP contribution in [0.1, 0.15) is 19.4 Å². The molecule has 0 bridgehead atoms. The molecule has 9 heteroatoms. The molecule has 3 rings (SSSR count). The maximum Gasteiger partial charge on any atom is 0.263 e. The van der Waals surface area contributed by atoms with E-state index in [9.17, 15) is 13.2 Å². The van der Waals surface area contributed by atoms with E-state index in [1.807, 2.05) is 26.0 Å². The molecule has 8 nitrogen and oxygen atoms in total. The molecule has 30 heavy (non-hydrogen) atoms. The van der Waals surface area contributed by atoms with Crippen molar-refractivity contribution in [3.8, 4) is 11.5 Å². The summed E-state index contributed by atoms with van der Waals surface area (Å²) in [6.45, 7) is 4.24. The minimum absolute atomic E-state index is 0.134. The van der Waals surface area contributed by atoms with Gasteiger partial charge in [0.1, 0.15) is 18.5 Å². The van der Waals surface area contributed by atoms with Crippen molar-refractivity contribution in [1.29, 1.82) is 0 Å². The molecule has 1 heterocycles. The number of aliphatic imine (C=N–C) groups is 1. The Morgan fingerprint density at radius 2 is 1.77 bits per heavy atom. The fourth-order valence-electron chi connectivity index (χ4n) is 3.06. The molecule has 0 fully saturated rings. The van der Waals surface area contributed by atoms with Crippen LogP contribution in [-0.4, -0.2) is 46.5 Å². The Kier molecular flexibility index (Phi) is 6.61. The fourth-order valence-corrected chi connectivity index (χ4v) is 4.30. The first-order chi connectivity index (χ1) is 14.3. The molecule has 1 aliphatic heterocycles. The van der Waals surface area contributed by atoms with E-state index in [2.05, 4.69) is 15.0 Å². The second kappa shape index (κ2) is 9.17. The lowest BCUT2D eigenvalue weighted by atomic mass is 10.0. The summed E-state index contributed by atoms with van der Waals surface area (Å²) in [5.74, 6) is 0.952. The van der Waals surface area contributed by atoms with Crippen molar-refractivity contribution >= 4 is 21.8 Å². The monoisotopic (exact) mass is 431 g/mol. The first-order valence-electron chi connectivity index (χ1n) is 9.57. The van der Waals surface area contributed by atoms with E-state index in [0.717, 1.165) is 0 Å². The van der Waals surface area contributed by atoms with Crippen LogP contribution in [0.25, 0.3) is 0 Å². The van der Waals surface area contributed by atoms with Crippen LogP contribution in [0.15, 0.2) is 58.4 Å². The molecule has 2 N–H and O–H groups in total. The number of nitrogens with zero attached hydrogens (tertiary/aromatic N) is 1. The summed E-state index contributed by atoms with van der Waals surface area (Å²) in [4.78, 5) is 17.3. The Hall–Kier alpha value is -3.07. The van der Waals surface area contributed by atoms with Crippen LogP contribution >= 0.6 is 0 Å². The van der Waals surface area contributed by atoms with Crippen LogP contribution in [0.5, 0.6) is 11.5 Å². The van der Waals surface area contributed by atoms with Crippen molar-refractivity contribution in [2.24, 2.45) is 10.9 Å². The molecule has 0 saturated heterocycles. The molecule has 0 spiro atoms. The molecule has 1 aliphatic rings. The van der Waals surface area contributed by atoms with Gasteiger partial charge in [0.25, 0.3) is 10.0 Å². The Bertz CT molecular complexity index is 1050. The predicted octanol–water partition coefficient (Wildman–Crippen LogP) is 1.95. The first kappa shape index (κ1) is 21.6. The second-order valence-electron chi connectivity index (χ2n) is 7.06. The highest BCUT2D eigenvalue weighted by Gasteiger charge is 2.32. The third kappa shape index (κ3) is 4.73. The number of ether oxygens (including phenoxy) is 2. The van der Waals surface area contributed by atoms with Gasteiger partial charge < -0.3 is 14.8 Å². The van der Waals surface area contributed by atoms with Crippen molar-refractivity contribution in [2.75, 3.05) is 20.3 Å². The van der Waals surface area contributed by atoms with Crippen LogP contribution in [0.3, 0.4) is 0 Å². The van der Waals surface area contributed by atoms with Gasteiger partial charge in [-0.1, -0.05) is 38.1 Å². The molecule has 2 aromatic rings. The van der Waals surface area contributed by atoms with E-state index in [0.29, 0.717) is 17.1 Å². The third-order valence-corrected chi connectivity index (χ3v) is 5.96. The Labute approximate surface area is 176 Å². The Balaban J connectivity index is 1.66. The number of amidine groups is 1. The number of hydrogen-bond donors (Lipinski definition) is 2. The number of hydrogen-bond acceptors (Lipinski definition) is 6. The van der Waals surface area contributed by atoms with E-state index in [1.165, 1.54) is 6.07 Å². The van der Waals surface area contributed by atoms with E-state index in [4.69, 9.17) is 9.47 Å². The molecule has 160 valence electrons. The molecular weight excluding hydrogens is 406 g/mol. The zero-order valence-corrected chi connectivity index (χ0v) is 17.9. The molecule has 0 unspecified atom stereocenters. The quantitative estimate of drug-likeness (QED) is 0.622. The zero-order valence-electron chi connectivity index (χ0n) is 17.1. The summed E-state index contributed by atoms with van der Waals surface area (Å²) in [7, 11) is -2.09. The zero-order chi connectivity index (χ0) is 21.7. The van der Waals surface area contributed by atoms with E-state index >= 15 is 0 Å². The normalized spacial score (nSPS) is 16.6. The number of carbonyl (C=O) groups excluding carboxylic acids is 1. The van der Waals surface area contributed by atoms with E-state index < -0.39 is 16.1 Å². The standard InChI is InChI=1S/C21H25N3O5S/c1-14(2)19(23-20-15-8-4-7-11-18(15)30(26,27)24-20)21(25)22-12-13-29-17-10-6-5-9-16(17)28-3/h4-11,14,19H,12-13H2,1-3H3,(H,22,25)(H,23,24)/t19-/m0/s1. The highest BCUT2D eigenvalue weighted by atomic mass is 32.2. The molecule has 0 radical (unpaired) electrons. The van der Waals surface area contributed by atoms with Crippen molar-refractivity contribution in [1.82, 2.24) is 10.0 Å². The average molecular weight is 432 g/mol. The number of amides is 1. The van der Waals surface area contributed by atoms with Gasteiger partial charge in [-0.15, -0.1) is 0 Å². The molecule has 0 aliphatic carbocycles. The summed E-state index contributed by atoms with van der Waals surface area (Å²) in [6, 6.07) is 13.1. The summed E-state index contributed by atoms with van der Waals surface area (Å²) in [6.07, 6.45) is 0. The number of carbonyl (C=O) groups is 1. The molecule has 2 aromatic carbocycles. The van der Waals surface area contributed by atoms with Crippen LogP contribution in [0, 0.1) is 5.92 Å². The lowest BCUT2D eigenvalue weighted by Gasteiger charge is -2.17. The summed E-state index contributed by atoms with van der Waals surface area (Å²) in [5.41, 5.74) is 0.468. The average Bonchev–Trinajstić information content (AvgIpc) is 2.99. The minimum Gasteiger partial charge on any atom is -0.493 e. The van der Waals surface area contributed by atoms with Crippen LogP contribution in [-0.2, 0) is 14.8 Å². The number of para-hydroxylation sites is 2. The van der Waals surface area contributed by atoms with E-state index in [-0.39, 0.29) is 35.7 Å². The van der Waals surface area contributed by atoms with Crippen LogP contribution in [0.4, 0.5) is 0 Å². The molecule has 1 atom stereocenters. The Morgan fingerprint density at radius 3 is 2.47 bits per heavy atom. The molecule has 0 saturated carbocycles. The Morgan fingerprint density at radius 1 is 1.10 bits per heavy atom. The first-order valence-corrected chi connectivity index (χ1v) is 11.1. The van der Waals surface area contributed by atoms with Gasteiger partial charge in [0.05, 0.1) is 18.6 Å². The van der Waals surface area contributed by atoms with Crippen LogP contribution < -0.4 is 19.5 Å². The van der Waals surface area contributed by atoms with Crippen LogP contribution in [0.2, 0.25) is 0 Å². The van der Waals surface area contributed by atoms with Gasteiger partial charge in [-0.25, -0.2) is 8.42 Å². The molecule has 1 amide bonds. The van der Waals surface area contributed by atoms with Gasteiger partial charge >= 0.3 is 0 Å². The van der Waals surface area contributed by atoms with Gasteiger partial charge in [0, 0.05) is 5.56 Å². The third-order valence-electron chi connectivity index (χ3n) is 4.56. The van der Waals surface area contributed by atoms with Crippen molar-refractivity contribution < 1.29 is 22.7 Å². The van der Waals surface area contributed by atoms with Gasteiger partial charge in [-0.3, -0.25) is 14.5 Å². The van der Waals surface area contributed by atoms with Crippen molar-refractivity contribution in [3.63, 3.8) is 0 Å². The van der Waals surface area contributed by atoms with Crippen molar-refractivity contribution in [3.05, 3.63) is 54.1 Å². The summed E-state index contributed by atoms with van der Waals surface area (Å²) < 4.78 is 37.9. The number of nitrogens with one attached hydrogen (secondary N) is 2. The number of methoxy groups -OCH3 is 1. The lowest BCUT2D eigenvalue weighted by molar-refractivity contribution is -0.123. The lowest BCUT2D eigenvalue weighted by Crippen LogP contribution is -2.40. The number of rotatable bonds is 8. The highest BCUT2D eigenvalue weighted by Crippen LogP contribution is 2.25. The number of sulfonamides is 1. The molecule has 0 aromatic heterocycles. The van der Waals surface area contributed by atoms with E-state index in [1.54, 1.807) is 37.4 Å². The van der Waals surface area contributed by atoms with Crippen molar-refractivity contribution in [2.45, 2.75) is 24.8 Å². The topological polar surface area (TPSA) is 106 Å². The fraction of sp³-hybridized carbons (Fsp3) is 0.333. The van der Waals surface area contributed by atoms with Gasteiger partial charge in [-0.05, 0) is 30.2 Å².